The normalized spacial score (nSPS) is 10.2. The van der Waals surface area contributed by atoms with E-state index in [-0.39, 0.29) is 6.15 Å². The summed E-state index contributed by atoms with van der Waals surface area (Å²) in [6, 6.07) is 15.9. The number of aromatic nitrogens is 1. The number of nitrogens with two attached hydrogens (primary N) is 1. The highest BCUT2D eigenvalue weighted by atomic mass is 14.7. The lowest BCUT2D eigenvalue weighted by Crippen LogP contribution is -1.91. The van der Waals surface area contributed by atoms with Crippen LogP contribution in [0, 0.1) is 0 Å². The second-order valence-corrected chi connectivity index (χ2v) is 3.56. The van der Waals surface area contributed by atoms with Gasteiger partial charge in [0, 0.05) is 16.9 Å². The van der Waals surface area contributed by atoms with Crippen molar-refractivity contribution in [1.82, 2.24) is 11.1 Å². The SMILES string of the molecule is Nc1c2ccccc2nc2ccccc12.[N]. The zero-order valence-electron chi connectivity index (χ0n) is 8.59. The first-order valence-corrected chi connectivity index (χ1v) is 4.89. The maximum Gasteiger partial charge on any atom is 0.0730 e. The van der Waals surface area contributed by atoms with Crippen molar-refractivity contribution >= 4 is 27.5 Å². The zero-order chi connectivity index (χ0) is 10.3. The molecule has 3 aromatic rings. The summed E-state index contributed by atoms with van der Waals surface area (Å²) in [6.07, 6.45) is 0. The number of pyridine rings is 1. The van der Waals surface area contributed by atoms with E-state index in [0.717, 1.165) is 27.5 Å². The molecule has 2 aromatic carbocycles. The van der Waals surface area contributed by atoms with E-state index in [1.807, 2.05) is 48.5 Å². The van der Waals surface area contributed by atoms with Crippen molar-refractivity contribution in [2.24, 2.45) is 0 Å². The van der Waals surface area contributed by atoms with E-state index < -0.39 is 0 Å². The molecule has 0 saturated carbocycles. The number of nitrogens with zero attached hydrogens (tertiary/aromatic N) is 2. The van der Waals surface area contributed by atoms with Crippen molar-refractivity contribution in [2.45, 2.75) is 0 Å². The maximum absolute atomic E-state index is 6.11. The summed E-state index contributed by atoms with van der Waals surface area (Å²) in [5.74, 6) is 0. The molecule has 0 aliphatic heterocycles. The van der Waals surface area contributed by atoms with Crippen LogP contribution in [0.4, 0.5) is 5.69 Å². The van der Waals surface area contributed by atoms with Crippen LogP contribution in [-0.2, 0) is 0 Å². The van der Waals surface area contributed by atoms with Gasteiger partial charge >= 0.3 is 0 Å². The second-order valence-electron chi connectivity index (χ2n) is 3.56. The molecule has 77 valence electrons. The molecule has 1 heterocycles. The fourth-order valence-electron chi connectivity index (χ4n) is 1.87. The van der Waals surface area contributed by atoms with Crippen molar-refractivity contribution in [2.75, 3.05) is 5.73 Å². The standard InChI is InChI=1S/C13H10N2.N/c14-13-9-5-1-3-7-11(9)15-12-8-4-2-6-10(12)13;/h1-8H,(H2,14,15);. The van der Waals surface area contributed by atoms with Crippen molar-refractivity contribution in [3.05, 3.63) is 48.5 Å². The Hall–Kier alpha value is -2.13. The molecule has 0 saturated heterocycles. The molecule has 2 N–H and O–H groups in total. The number of fused-ring (bicyclic) bond motifs is 2. The summed E-state index contributed by atoms with van der Waals surface area (Å²) in [6.45, 7) is 0. The van der Waals surface area contributed by atoms with E-state index in [4.69, 9.17) is 5.73 Å². The van der Waals surface area contributed by atoms with Gasteiger partial charge in [0.2, 0.25) is 0 Å². The van der Waals surface area contributed by atoms with E-state index in [0.29, 0.717) is 0 Å². The van der Waals surface area contributed by atoms with Crippen molar-refractivity contribution in [1.29, 1.82) is 0 Å². The van der Waals surface area contributed by atoms with Crippen molar-refractivity contribution in [3.63, 3.8) is 0 Å². The fourth-order valence-corrected chi connectivity index (χ4v) is 1.87. The van der Waals surface area contributed by atoms with Gasteiger partial charge in [-0.3, -0.25) is 0 Å². The zero-order valence-corrected chi connectivity index (χ0v) is 8.59. The minimum atomic E-state index is 0. The van der Waals surface area contributed by atoms with Crippen LogP contribution < -0.4 is 11.9 Å². The number of para-hydroxylation sites is 2. The number of nitrogen functional groups attached to an aromatic ring is 1. The lowest BCUT2D eigenvalue weighted by atomic mass is 10.1. The molecule has 0 unspecified atom stereocenters. The van der Waals surface area contributed by atoms with Gasteiger partial charge in [-0.25, -0.2) is 4.98 Å². The monoisotopic (exact) mass is 208 g/mol. The average Bonchev–Trinajstić information content (AvgIpc) is 2.30. The van der Waals surface area contributed by atoms with E-state index in [2.05, 4.69) is 4.98 Å². The predicted octanol–water partition coefficient (Wildman–Crippen LogP) is 2.49. The van der Waals surface area contributed by atoms with Crippen LogP contribution in [-0.4, -0.2) is 4.98 Å². The Morgan fingerprint density at radius 3 is 1.69 bits per heavy atom. The van der Waals surface area contributed by atoms with Gasteiger partial charge in [-0.2, -0.15) is 0 Å². The minimum Gasteiger partial charge on any atom is -0.398 e. The Morgan fingerprint density at radius 2 is 1.19 bits per heavy atom. The van der Waals surface area contributed by atoms with Crippen LogP contribution in [0.5, 0.6) is 0 Å². The molecular weight excluding hydrogens is 198 g/mol. The smallest absolute Gasteiger partial charge is 0.0730 e. The highest BCUT2D eigenvalue weighted by Crippen LogP contribution is 2.27. The van der Waals surface area contributed by atoms with Gasteiger partial charge in [0.1, 0.15) is 0 Å². The molecule has 0 spiro atoms. The third-order valence-electron chi connectivity index (χ3n) is 2.63. The number of benzene rings is 2. The highest BCUT2D eigenvalue weighted by Gasteiger charge is 2.03. The van der Waals surface area contributed by atoms with E-state index >= 15 is 0 Å². The largest absolute Gasteiger partial charge is 0.398 e. The first kappa shape index (κ1) is 10.4. The van der Waals surface area contributed by atoms with Crippen LogP contribution >= 0.6 is 0 Å². The summed E-state index contributed by atoms with van der Waals surface area (Å²) < 4.78 is 0. The number of rotatable bonds is 0. The van der Waals surface area contributed by atoms with E-state index in [9.17, 15) is 0 Å². The van der Waals surface area contributed by atoms with Gasteiger partial charge in [-0.1, -0.05) is 36.4 Å². The maximum atomic E-state index is 6.11. The van der Waals surface area contributed by atoms with Gasteiger partial charge in [0.25, 0.3) is 0 Å². The van der Waals surface area contributed by atoms with Gasteiger partial charge < -0.3 is 5.73 Å². The Labute approximate surface area is 93.5 Å². The molecule has 1 aromatic heterocycles. The molecule has 0 fully saturated rings. The minimum absolute atomic E-state index is 0. The van der Waals surface area contributed by atoms with Gasteiger partial charge in [0.05, 0.1) is 16.7 Å². The molecule has 3 nitrogen and oxygen atoms in total. The Morgan fingerprint density at radius 1 is 0.750 bits per heavy atom. The number of hydrogen-bond donors (Lipinski definition) is 1. The molecule has 0 aliphatic carbocycles. The molecule has 0 bridgehead atoms. The lowest BCUT2D eigenvalue weighted by molar-refractivity contribution is 1.50. The highest BCUT2D eigenvalue weighted by molar-refractivity contribution is 6.06. The molecule has 3 heteroatoms. The molecular formula is C13H10N3. The van der Waals surface area contributed by atoms with Crippen LogP contribution in [0.2, 0.25) is 0 Å². The van der Waals surface area contributed by atoms with Crippen molar-refractivity contribution in [3.8, 4) is 0 Å². The summed E-state index contributed by atoms with van der Waals surface area (Å²) in [7, 11) is 0. The first-order valence-electron chi connectivity index (χ1n) is 4.89. The number of anilines is 1. The molecule has 16 heavy (non-hydrogen) atoms. The molecule has 3 rings (SSSR count). The van der Waals surface area contributed by atoms with E-state index in [1.54, 1.807) is 0 Å². The topological polar surface area (TPSA) is 69.4 Å². The van der Waals surface area contributed by atoms with Crippen LogP contribution in [0.15, 0.2) is 48.5 Å². The second kappa shape index (κ2) is 3.79. The molecule has 3 radical (unpaired) electrons. The lowest BCUT2D eigenvalue weighted by Gasteiger charge is -2.05. The summed E-state index contributed by atoms with van der Waals surface area (Å²) >= 11 is 0. The molecule has 0 atom stereocenters. The predicted molar refractivity (Wildman–Crippen MR) is 65.8 cm³/mol. The van der Waals surface area contributed by atoms with Gasteiger partial charge in [-0.05, 0) is 12.1 Å². The average molecular weight is 208 g/mol. The fraction of sp³-hybridized carbons (Fsp3) is 0. The summed E-state index contributed by atoms with van der Waals surface area (Å²) in [5, 5.41) is 2.05. The van der Waals surface area contributed by atoms with Crippen molar-refractivity contribution < 1.29 is 0 Å². The van der Waals surface area contributed by atoms with E-state index in [1.165, 1.54) is 0 Å². The molecule has 0 amide bonds. The Bertz CT molecular complexity index is 593. The Balaban J connectivity index is 0.000000963. The van der Waals surface area contributed by atoms with Gasteiger partial charge in [0.15, 0.2) is 0 Å². The first-order chi connectivity index (χ1) is 7.36. The molecule has 0 aliphatic rings. The summed E-state index contributed by atoms with van der Waals surface area (Å²) in [5.41, 5.74) is 8.84. The quantitative estimate of drug-likeness (QED) is 0.576. The van der Waals surface area contributed by atoms with Gasteiger partial charge in [-0.15, -0.1) is 0 Å². The summed E-state index contributed by atoms with van der Waals surface area (Å²) in [4.78, 5) is 4.56. The number of hydrogen-bond acceptors (Lipinski definition) is 2. The third-order valence-corrected chi connectivity index (χ3v) is 2.63. The van der Waals surface area contributed by atoms with Crippen LogP contribution in [0.3, 0.4) is 0 Å². The van der Waals surface area contributed by atoms with Crippen LogP contribution in [0.25, 0.3) is 21.8 Å². The Kier molecular flexibility index (Phi) is 2.46. The third kappa shape index (κ3) is 1.38. The van der Waals surface area contributed by atoms with Crippen LogP contribution in [0.1, 0.15) is 0 Å².